The van der Waals surface area contributed by atoms with Crippen molar-refractivity contribution in [2.75, 3.05) is 47.3 Å². The standard InChI is InChI=1S/C21H34FN5O/c1-5-24-21(27-11-9-16(10-12-27)13-20(28)23-2)25-15-19(26(3)4)17-7-6-8-18(22)14-17/h6-8,14,16,19H,5,9-13,15H2,1-4H3,(H,23,28)(H,24,25). The maximum absolute atomic E-state index is 13.7. The second-order valence-corrected chi connectivity index (χ2v) is 7.54. The minimum Gasteiger partial charge on any atom is -0.359 e. The molecule has 28 heavy (non-hydrogen) atoms. The van der Waals surface area contributed by atoms with E-state index in [1.165, 1.54) is 6.07 Å². The maximum Gasteiger partial charge on any atom is 0.220 e. The average molecular weight is 392 g/mol. The summed E-state index contributed by atoms with van der Waals surface area (Å²) >= 11 is 0. The number of guanidine groups is 1. The van der Waals surface area contributed by atoms with E-state index >= 15 is 0 Å². The van der Waals surface area contributed by atoms with Crippen molar-refractivity contribution in [2.24, 2.45) is 10.9 Å². The molecule has 1 saturated heterocycles. The second kappa shape index (κ2) is 11.0. The van der Waals surface area contributed by atoms with Gasteiger partial charge in [0.05, 0.1) is 12.6 Å². The Balaban J connectivity index is 2.04. The molecule has 2 N–H and O–H groups in total. The predicted molar refractivity (Wildman–Crippen MR) is 112 cm³/mol. The van der Waals surface area contributed by atoms with Crippen molar-refractivity contribution in [3.05, 3.63) is 35.6 Å². The summed E-state index contributed by atoms with van der Waals surface area (Å²) in [4.78, 5) is 20.8. The predicted octanol–water partition coefficient (Wildman–Crippen LogP) is 2.24. The normalized spacial score (nSPS) is 16.9. The summed E-state index contributed by atoms with van der Waals surface area (Å²) in [6.07, 6.45) is 2.57. The summed E-state index contributed by atoms with van der Waals surface area (Å²) in [6.45, 7) is 5.19. The van der Waals surface area contributed by atoms with Gasteiger partial charge in [-0.25, -0.2) is 4.39 Å². The third-order valence-corrected chi connectivity index (χ3v) is 5.27. The van der Waals surface area contributed by atoms with Crippen LogP contribution >= 0.6 is 0 Å². The number of benzene rings is 1. The van der Waals surface area contributed by atoms with Gasteiger partial charge in [0.2, 0.25) is 5.91 Å². The van der Waals surface area contributed by atoms with E-state index < -0.39 is 0 Å². The van der Waals surface area contributed by atoms with Crippen LogP contribution in [-0.2, 0) is 4.79 Å². The van der Waals surface area contributed by atoms with Gasteiger partial charge in [-0.15, -0.1) is 0 Å². The van der Waals surface area contributed by atoms with E-state index in [1.807, 2.05) is 20.2 Å². The van der Waals surface area contributed by atoms with E-state index in [4.69, 9.17) is 4.99 Å². The molecule has 1 fully saturated rings. The van der Waals surface area contributed by atoms with Gasteiger partial charge in [0, 0.05) is 33.1 Å². The molecule has 0 saturated carbocycles. The van der Waals surface area contributed by atoms with Gasteiger partial charge in [0.1, 0.15) is 5.82 Å². The Labute approximate surface area is 168 Å². The number of carbonyl (C=O) groups excluding carboxylic acids is 1. The fourth-order valence-electron chi connectivity index (χ4n) is 3.59. The molecule has 7 heteroatoms. The first kappa shape index (κ1) is 22.1. The van der Waals surface area contributed by atoms with Crippen LogP contribution in [0.25, 0.3) is 0 Å². The average Bonchev–Trinajstić information content (AvgIpc) is 2.67. The Hall–Kier alpha value is -2.15. The number of halogens is 1. The highest BCUT2D eigenvalue weighted by molar-refractivity contribution is 5.80. The highest BCUT2D eigenvalue weighted by Crippen LogP contribution is 2.22. The van der Waals surface area contributed by atoms with Crippen molar-refractivity contribution in [2.45, 2.75) is 32.2 Å². The number of aliphatic imine (C=N–C) groups is 1. The molecule has 1 atom stereocenters. The van der Waals surface area contributed by atoms with Crippen LogP contribution in [0.3, 0.4) is 0 Å². The van der Waals surface area contributed by atoms with E-state index in [0.29, 0.717) is 18.9 Å². The Morgan fingerprint density at radius 3 is 2.64 bits per heavy atom. The molecule has 1 aromatic rings. The van der Waals surface area contributed by atoms with Gasteiger partial charge < -0.3 is 20.4 Å². The van der Waals surface area contributed by atoms with Gasteiger partial charge >= 0.3 is 0 Å². The topological polar surface area (TPSA) is 60.0 Å². The number of likely N-dealkylation sites (tertiary alicyclic amines) is 1. The Morgan fingerprint density at radius 2 is 2.07 bits per heavy atom. The van der Waals surface area contributed by atoms with Crippen LogP contribution in [0.5, 0.6) is 0 Å². The molecule has 1 amide bonds. The van der Waals surface area contributed by atoms with Crippen molar-refractivity contribution in [1.29, 1.82) is 0 Å². The van der Waals surface area contributed by atoms with Gasteiger partial charge in [-0.2, -0.15) is 0 Å². The third-order valence-electron chi connectivity index (χ3n) is 5.27. The van der Waals surface area contributed by atoms with E-state index in [1.54, 1.807) is 19.2 Å². The van der Waals surface area contributed by atoms with E-state index in [9.17, 15) is 9.18 Å². The first-order chi connectivity index (χ1) is 13.4. The smallest absolute Gasteiger partial charge is 0.220 e. The van der Waals surface area contributed by atoms with E-state index in [-0.39, 0.29) is 17.8 Å². The lowest BCUT2D eigenvalue weighted by atomic mass is 9.93. The molecule has 2 rings (SSSR count). The highest BCUT2D eigenvalue weighted by Gasteiger charge is 2.23. The molecule has 1 aliphatic heterocycles. The van der Waals surface area contributed by atoms with Crippen molar-refractivity contribution >= 4 is 11.9 Å². The number of rotatable bonds is 7. The summed E-state index contributed by atoms with van der Waals surface area (Å²) in [5.74, 6) is 1.21. The summed E-state index contributed by atoms with van der Waals surface area (Å²) in [5.41, 5.74) is 0.925. The number of piperidine rings is 1. The molecule has 0 bridgehead atoms. The first-order valence-electron chi connectivity index (χ1n) is 10.1. The van der Waals surface area contributed by atoms with Crippen LogP contribution in [0.15, 0.2) is 29.3 Å². The summed E-state index contributed by atoms with van der Waals surface area (Å²) in [5, 5.41) is 6.09. The van der Waals surface area contributed by atoms with Crippen molar-refractivity contribution in [1.82, 2.24) is 20.4 Å². The minimum atomic E-state index is -0.224. The molecule has 0 aliphatic carbocycles. The Bertz CT molecular complexity index is 656. The second-order valence-electron chi connectivity index (χ2n) is 7.54. The van der Waals surface area contributed by atoms with Crippen LogP contribution in [-0.4, -0.2) is 69.0 Å². The molecule has 156 valence electrons. The number of carbonyl (C=O) groups is 1. The largest absolute Gasteiger partial charge is 0.359 e. The summed E-state index contributed by atoms with van der Waals surface area (Å²) in [6, 6.07) is 6.74. The Morgan fingerprint density at radius 1 is 1.36 bits per heavy atom. The van der Waals surface area contributed by atoms with Crippen LogP contribution in [0, 0.1) is 11.7 Å². The van der Waals surface area contributed by atoms with Gasteiger partial charge in [0.25, 0.3) is 0 Å². The van der Waals surface area contributed by atoms with Crippen LogP contribution in [0.1, 0.15) is 37.8 Å². The molecule has 1 aliphatic rings. The van der Waals surface area contributed by atoms with Gasteiger partial charge in [-0.05, 0) is 57.5 Å². The summed E-state index contributed by atoms with van der Waals surface area (Å²) in [7, 11) is 5.66. The molecular formula is C21H34FN5O. The van der Waals surface area contributed by atoms with Gasteiger partial charge in [-0.3, -0.25) is 9.79 Å². The van der Waals surface area contributed by atoms with Crippen LogP contribution < -0.4 is 10.6 Å². The molecule has 0 spiro atoms. The number of hydrogen-bond acceptors (Lipinski definition) is 3. The number of nitrogens with one attached hydrogen (secondary N) is 2. The first-order valence-corrected chi connectivity index (χ1v) is 10.1. The fraction of sp³-hybridized carbons (Fsp3) is 0.619. The monoisotopic (exact) mass is 391 g/mol. The SMILES string of the molecule is CCNC(=NCC(c1cccc(F)c1)N(C)C)N1CCC(CC(=O)NC)CC1. The molecule has 0 radical (unpaired) electrons. The molecular weight excluding hydrogens is 357 g/mol. The lowest BCUT2D eigenvalue weighted by Crippen LogP contribution is -2.46. The van der Waals surface area contributed by atoms with E-state index in [2.05, 4.69) is 27.4 Å². The fourth-order valence-corrected chi connectivity index (χ4v) is 3.59. The zero-order valence-electron chi connectivity index (χ0n) is 17.5. The van der Waals surface area contributed by atoms with Crippen molar-refractivity contribution < 1.29 is 9.18 Å². The van der Waals surface area contributed by atoms with Gasteiger partial charge in [-0.1, -0.05) is 12.1 Å². The van der Waals surface area contributed by atoms with Crippen LogP contribution in [0.2, 0.25) is 0 Å². The summed E-state index contributed by atoms with van der Waals surface area (Å²) < 4.78 is 13.7. The van der Waals surface area contributed by atoms with Gasteiger partial charge in [0.15, 0.2) is 5.96 Å². The Kier molecular flexibility index (Phi) is 8.70. The van der Waals surface area contributed by atoms with Crippen molar-refractivity contribution in [3.63, 3.8) is 0 Å². The lowest BCUT2D eigenvalue weighted by Gasteiger charge is -2.34. The zero-order valence-corrected chi connectivity index (χ0v) is 17.5. The zero-order chi connectivity index (χ0) is 20.5. The highest BCUT2D eigenvalue weighted by atomic mass is 19.1. The molecule has 1 unspecified atom stereocenters. The quantitative estimate of drug-likeness (QED) is 0.553. The molecule has 6 nitrogen and oxygen atoms in total. The number of nitrogens with zero attached hydrogens (tertiary/aromatic N) is 3. The maximum atomic E-state index is 13.7. The number of amides is 1. The van der Waals surface area contributed by atoms with Crippen molar-refractivity contribution in [3.8, 4) is 0 Å². The lowest BCUT2D eigenvalue weighted by molar-refractivity contribution is -0.121. The third kappa shape index (κ3) is 6.48. The molecule has 0 aromatic heterocycles. The molecule has 1 heterocycles. The minimum absolute atomic E-state index is 0.00939. The molecule has 1 aromatic carbocycles. The number of likely N-dealkylation sites (N-methyl/N-ethyl adjacent to an activating group) is 1. The number of hydrogen-bond donors (Lipinski definition) is 2. The van der Waals surface area contributed by atoms with E-state index in [0.717, 1.165) is 44.0 Å². The van der Waals surface area contributed by atoms with Crippen LogP contribution in [0.4, 0.5) is 4.39 Å².